The van der Waals surface area contributed by atoms with Crippen molar-refractivity contribution in [2.45, 2.75) is 13.8 Å². The normalized spacial score (nSPS) is 13.4. The molecule has 0 saturated carbocycles. The Morgan fingerprint density at radius 2 is 2.39 bits per heavy atom. The summed E-state index contributed by atoms with van der Waals surface area (Å²) in [5, 5.41) is 11.6. The van der Waals surface area contributed by atoms with Gasteiger partial charge in [0, 0.05) is 19.0 Å². The highest BCUT2D eigenvalue weighted by atomic mass is 35.5. The minimum absolute atomic E-state index is 0.0647. The molecule has 0 aromatic carbocycles. The Balaban J connectivity index is 2.79. The van der Waals surface area contributed by atoms with Crippen molar-refractivity contribution >= 4 is 23.3 Å². The summed E-state index contributed by atoms with van der Waals surface area (Å²) in [6.07, 6.45) is 1.36. The second kappa shape index (κ2) is 6.30. The highest BCUT2D eigenvalue weighted by Gasteiger charge is 2.22. The van der Waals surface area contributed by atoms with Crippen LogP contribution in [0.1, 0.15) is 24.2 Å². The SMILES string of the molecule is CCN(CC(C)/C(N)=N/O)C(=O)c1ccoc1Cl. The summed E-state index contributed by atoms with van der Waals surface area (Å²) < 4.78 is 4.88. The molecule has 3 N–H and O–H groups in total. The van der Waals surface area contributed by atoms with Crippen LogP contribution in [0.25, 0.3) is 0 Å². The molecular formula is C11H16ClN3O3. The van der Waals surface area contributed by atoms with Gasteiger partial charge < -0.3 is 20.3 Å². The zero-order valence-electron chi connectivity index (χ0n) is 10.3. The molecule has 1 amide bonds. The molecule has 0 saturated heterocycles. The molecule has 0 radical (unpaired) electrons. The summed E-state index contributed by atoms with van der Waals surface area (Å²) in [5.41, 5.74) is 5.80. The van der Waals surface area contributed by atoms with E-state index in [-0.39, 0.29) is 22.9 Å². The number of nitrogens with two attached hydrogens (primary N) is 1. The third kappa shape index (κ3) is 3.16. The van der Waals surface area contributed by atoms with E-state index in [1.807, 2.05) is 6.92 Å². The fourth-order valence-corrected chi connectivity index (χ4v) is 1.69. The monoisotopic (exact) mass is 273 g/mol. The molecule has 0 spiro atoms. The van der Waals surface area contributed by atoms with E-state index in [2.05, 4.69) is 5.16 Å². The lowest BCUT2D eigenvalue weighted by molar-refractivity contribution is 0.0753. The molecule has 1 heterocycles. The Hall–Kier alpha value is -1.69. The fraction of sp³-hybridized carbons (Fsp3) is 0.455. The lowest BCUT2D eigenvalue weighted by Crippen LogP contribution is -2.38. The predicted molar refractivity (Wildman–Crippen MR) is 67.9 cm³/mol. The van der Waals surface area contributed by atoms with Crippen LogP contribution in [0.4, 0.5) is 0 Å². The average molecular weight is 274 g/mol. The van der Waals surface area contributed by atoms with Gasteiger partial charge in [-0.15, -0.1) is 0 Å². The molecule has 1 rings (SSSR count). The Kier molecular flexibility index (Phi) is 5.03. The van der Waals surface area contributed by atoms with E-state index in [1.54, 1.807) is 11.8 Å². The lowest BCUT2D eigenvalue weighted by Gasteiger charge is -2.23. The van der Waals surface area contributed by atoms with Crippen LogP contribution >= 0.6 is 11.6 Å². The van der Waals surface area contributed by atoms with Crippen molar-refractivity contribution in [3.8, 4) is 0 Å². The highest BCUT2D eigenvalue weighted by molar-refractivity contribution is 6.32. The van der Waals surface area contributed by atoms with Crippen molar-refractivity contribution in [1.82, 2.24) is 4.90 Å². The van der Waals surface area contributed by atoms with Crippen LogP contribution in [-0.4, -0.2) is 34.9 Å². The van der Waals surface area contributed by atoms with Gasteiger partial charge in [-0.25, -0.2) is 0 Å². The summed E-state index contributed by atoms with van der Waals surface area (Å²) in [7, 11) is 0. The quantitative estimate of drug-likeness (QED) is 0.370. The van der Waals surface area contributed by atoms with Crippen molar-refractivity contribution in [2.75, 3.05) is 13.1 Å². The minimum atomic E-state index is -0.246. The zero-order valence-corrected chi connectivity index (χ0v) is 11.0. The maximum atomic E-state index is 12.1. The number of oxime groups is 1. The van der Waals surface area contributed by atoms with Crippen LogP contribution in [0.15, 0.2) is 21.9 Å². The van der Waals surface area contributed by atoms with E-state index in [9.17, 15) is 4.79 Å². The van der Waals surface area contributed by atoms with Gasteiger partial charge in [-0.05, 0) is 24.6 Å². The molecule has 1 atom stereocenters. The van der Waals surface area contributed by atoms with Gasteiger partial charge in [0.15, 0.2) is 0 Å². The standard InChI is InChI=1S/C11H16ClN3O3/c1-3-15(6-7(2)10(13)14-17)11(16)8-4-5-18-9(8)12/h4-5,7,17H,3,6H2,1-2H3,(H2,13,14). The average Bonchev–Trinajstić information content (AvgIpc) is 2.79. The molecule has 1 aromatic rings. The number of halogens is 1. The van der Waals surface area contributed by atoms with Gasteiger partial charge in [-0.2, -0.15) is 0 Å². The summed E-state index contributed by atoms with van der Waals surface area (Å²) >= 11 is 5.76. The van der Waals surface area contributed by atoms with Crippen LogP contribution in [0.2, 0.25) is 5.22 Å². The number of rotatable bonds is 5. The van der Waals surface area contributed by atoms with Gasteiger partial charge in [-0.3, -0.25) is 4.79 Å². The number of amides is 1. The number of carbonyl (C=O) groups is 1. The summed E-state index contributed by atoms with van der Waals surface area (Å²) in [6.45, 7) is 4.43. The number of furan rings is 1. The minimum Gasteiger partial charge on any atom is -0.452 e. The first-order valence-electron chi connectivity index (χ1n) is 5.50. The lowest BCUT2D eigenvalue weighted by atomic mass is 10.1. The van der Waals surface area contributed by atoms with Gasteiger partial charge in [-0.1, -0.05) is 12.1 Å². The van der Waals surface area contributed by atoms with E-state index in [1.165, 1.54) is 12.3 Å². The molecule has 1 aromatic heterocycles. The Morgan fingerprint density at radius 3 is 2.83 bits per heavy atom. The molecule has 1 unspecified atom stereocenters. The van der Waals surface area contributed by atoms with E-state index in [4.69, 9.17) is 27.0 Å². The number of nitrogens with zero attached hydrogens (tertiary/aromatic N) is 2. The van der Waals surface area contributed by atoms with Crippen molar-refractivity contribution in [2.24, 2.45) is 16.8 Å². The van der Waals surface area contributed by atoms with Crippen molar-refractivity contribution < 1.29 is 14.4 Å². The summed E-state index contributed by atoms with van der Waals surface area (Å²) in [5.74, 6) is -0.405. The van der Waals surface area contributed by atoms with Crippen LogP contribution in [0.3, 0.4) is 0 Å². The molecule has 0 aliphatic heterocycles. The number of amidine groups is 1. The molecule has 0 fully saturated rings. The molecule has 0 bridgehead atoms. The largest absolute Gasteiger partial charge is 0.452 e. The van der Waals surface area contributed by atoms with Crippen LogP contribution < -0.4 is 5.73 Å². The maximum absolute atomic E-state index is 12.1. The molecule has 100 valence electrons. The Morgan fingerprint density at radius 1 is 1.72 bits per heavy atom. The van der Waals surface area contributed by atoms with Crippen molar-refractivity contribution in [1.29, 1.82) is 0 Å². The molecule has 0 aliphatic rings. The summed E-state index contributed by atoms with van der Waals surface area (Å²) in [4.78, 5) is 13.7. The summed E-state index contributed by atoms with van der Waals surface area (Å²) in [6, 6.07) is 1.52. The van der Waals surface area contributed by atoms with Crippen LogP contribution in [0.5, 0.6) is 0 Å². The topological polar surface area (TPSA) is 92.1 Å². The zero-order chi connectivity index (χ0) is 13.7. The smallest absolute Gasteiger partial charge is 0.258 e. The van der Waals surface area contributed by atoms with Gasteiger partial charge in [0.2, 0.25) is 5.22 Å². The fourth-order valence-electron chi connectivity index (χ4n) is 1.49. The van der Waals surface area contributed by atoms with Crippen LogP contribution in [-0.2, 0) is 0 Å². The first kappa shape index (κ1) is 14.4. The van der Waals surface area contributed by atoms with E-state index in [0.29, 0.717) is 18.7 Å². The van der Waals surface area contributed by atoms with Gasteiger partial charge in [0.05, 0.1) is 11.8 Å². The Labute approximate surface area is 110 Å². The second-order valence-corrected chi connectivity index (χ2v) is 4.22. The highest BCUT2D eigenvalue weighted by Crippen LogP contribution is 2.19. The van der Waals surface area contributed by atoms with Gasteiger partial charge >= 0.3 is 0 Å². The van der Waals surface area contributed by atoms with Gasteiger partial charge in [0.1, 0.15) is 5.84 Å². The number of hydrogen-bond acceptors (Lipinski definition) is 4. The first-order chi connectivity index (χ1) is 8.51. The first-order valence-corrected chi connectivity index (χ1v) is 5.88. The third-order valence-corrected chi connectivity index (χ3v) is 2.92. The maximum Gasteiger partial charge on any atom is 0.258 e. The Bertz CT molecular complexity index is 444. The molecule has 18 heavy (non-hydrogen) atoms. The van der Waals surface area contributed by atoms with Crippen molar-refractivity contribution in [3.63, 3.8) is 0 Å². The molecular weight excluding hydrogens is 258 g/mol. The number of hydrogen-bond donors (Lipinski definition) is 2. The predicted octanol–water partition coefficient (Wildman–Crippen LogP) is 1.78. The second-order valence-electron chi connectivity index (χ2n) is 3.88. The van der Waals surface area contributed by atoms with Crippen molar-refractivity contribution in [3.05, 3.63) is 23.1 Å². The molecule has 0 aliphatic carbocycles. The van der Waals surface area contributed by atoms with Crippen LogP contribution in [0, 0.1) is 5.92 Å². The number of carbonyl (C=O) groups excluding carboxylic acids is 1. The van der Waals surface area contributed by atoms with E-state index < -0.39 is 0 Å². The molecule has 7 heteroatoms. The molecule has 6 nitrogen and oxygen atoms in total. The van der Waals surface area contributed by atoms with Gasteiger partial charge in [0.25, 0.3) is 5.91 Å². The van der Waals surface area contributed by atoms with E-state index >= 15 is 0 Å². The third-order valence-electron chi connectivity index (χ3n) is 2.63. The van der Waals surface area contributed by atoms with E-state index in [0.717, 1.165) is 0 Å².